The number of hydrogen-bond acceptors (Lipinski definition) is 2. The summed E-state index contributed by atoms with van der Waals surface area (Å²) in [7, 11) is 0. The van der Waals surface area contributed by atoms with Crippen LogP contribution in [0, 0.1) is 0 Å². The Kier molecular flexibility index (Phi) is 4.49. The van der Waals surface area contributed by atoms with E-state index in [1.165, 1.54) is 16.7 Å². The van der Waals surface area contributed by atoms with Gasteiger partial charge in [0.15, 0.2) is 0 Å². The molecular weight excluding hydrogens is 260 g/mol. The van der Waals surface area contributed by atoms with Crippen molar-refractivity contribution in [2.24, 2.45) is 5.73 Å². The van der Waals surface area contributed by atoms with Gasteiger partial charge >= 0.3 is 0 Å². The lowest BCUT2D eigenvalue weighted by Gasteiger charge is -2.19. The minimum absolute atomic E-state index is 0.0134. The summed E-state index contributed by atoms with van der Waals surface area (Å²) in [4.78, 5) is 4.13. The topological polar surface area (TPSA) is 43.8 Å². The molecule has 0 spiro atoms. The molecule has 2 rings (SSSR count). The summed E-state index contributed by atoms with van der Waals surface area (Å²) in [5.74, 6) is -2.32. The molecule has 1 aromatic heterocycles. The Balaban J connectivity index is 2.16. The molecule has 5 heteroatoms. The number of rotatable bonds is 6. The first-order valence-electron chi connectivity index (χ1n) is 6.72. The Morgan fingerprint density at radius 1 is 1.30 bits per heavy atom. The van der Waals surface area contributed by atoms with Gasteiger partial charge in [0.25, 0.3) is 5.92 Å². The molecule has 0 amide bonds. The molecule has 20 heavy (non-hydrogen) atoms. The fourth-order valence-electron chi connectivity index (χ4n) is 2.04. The number of benzene rings is 1. The maximum absolute atomic E-state index is 14.2. The van der Waals surface area contributed by atoms with Gasteiger partial charge in [0, 0.05) is 30.4 Å². The Labute approximate surface area is 117 Å². The van der Waals surface area contributed by atoms with Gasteiger partial charge in [-0.05, 0) is 6.42 Å². The highest BCUT2D eigenvalue weighted by molar-refractivity contribution is 5.20. The molecule has 2 N–H and O–H groups in total. The molecule has 1 atom stereocenters. The molecule has 0 aliphatic heterocycles. The van der Waals surface area contributed by atoms with E-state index in [4.69, 9.17) is 5.73 Å². The number of imidazole rings is 1. The van der Waals surface area contributed by atoms with Gasteiger partial charge < -0.3 is 10.3 Å². The van der Waals surface area contributed by atoms with Crippen molar-refractivity contribution in [1.29, 1.82) is 0 Å². The van der Waals surface area contributed by atoms with Crippen LogP contribution in [0.15, 0.2) is 42.7 Å². The highest BCUT2D eigenvalue weighted by atomic mass is 19.3. The summed E-state index contributed by atoms with van der Waals surface area (Å²) in [6.45, 7) is 1.55. The molecule has 0 fully saturated rings. The average molecular weight is 279 g/mol. The lowest BCUT2D eigenvalue weighted by Crippen LogP contribution is -2.26. The fraction of sp³-hybridized carbons (Fsp3) is 0.400. The van der Waals surface area contributed by atoms with E-state index in [9.17, 15) is 8.78 Å². The van der Waals surface area contributed by atoms with Crippen LogP contribution in [-0.2, 0) is 18.9 Å². The summed E-state index contributed by atoms with van der Waals surface area (Å²) < 4.78 is 30.0. The molecule has 3 nitrogen and oxygen atoms in total. The smallest absolute Gasteiger partial charge is 0.290 e. The zero-order chi connectivity index (χ0) is 14.6. The molecule has 108 valence electrons. The fourth-order valence-corrected chi connectivity index (χ4v) is 2.04. The van der Waals surface area contributed by atoms with Crippen LogP contribution in [0.2, 0.25) is 0 Å². The van der Waals surface area contributed by atoms with Crippen LogP contribution in [0.3, 0.4) is 0 Å². The van der Waals surface area contributed by atoms with Crippen molar-refractivity contribution in [2.45, 2.75) is 38.3 Å². The summed E-state index contributed by atoms with van der Waals surface area (Å²) in [6.07, 6.45) is 4.42. The van der Waals surface area contributed by atoms with Crippen LogP contribution in [0.25, 0.3) is 0 Å². The first-order valence-corrected chi connectivity index (χ1v) is 6.72. The first-order chi connectivity index (χ1) is 9.53. The van der Waals surface area contributed by atoms with Gasteiger partial charge in [0.1, 0.15) is 5.82 Å². The van der Waals surface area contributed by atoms with Crippen LogP contribution >= 0.6 is 0 Å². The quantitative estimate of drug-likeness (QED) is 0.883. The largest absolute Gasteiger partial charge is 0.328 e. The maximum Gasteiger partial charge on any atom is 0.290 e. The van der Waals surface area contributed by atoms with E-state index >= 15 is 0 Å². The summed E-state index contributed by atoms with van der Waals surface area (Å²) in [6, 6.07) is 7.78. The van der Waals surface area contributed by atoms with Crippen LogP contribution in [0.4, 0.5) is 8.78 Å². The van der Waals surface area contributed by atoms with Gasteiger partial charge in [0.2, 0.25) is 0 Å². The number of hydrogen-bond donors (Lipinski definition) is 1. The Bertz CT molecular complexity index is 537. The van der Waals surface area contributed by atoms with E-state index in [1.807, 2.05) is 6.92 Å². The van der Waals surface area contributed by atoms with Gasteiger partial charge in [-0.3, -0.25) is 0 Å². The van der Waals surface area contributed by atoms with Gasteiger partial charge in [-0.2, -0.15) is 8.78 Å². The average Bonchev–Trinajstić information content (AvgIpc) is 2.86. The number of alkyl halides is 2. The van der Waals surface area contributed by atoms with Gasteiger partial charge in [-0.15, -0.1) is 0 Å². The Morgan fingerprint density at radius 3 is 2.65 bits per heavy atom. The zero-order valence-electron chi connectivity index (χ0n) is 11.5. The van der Waals surface area contributed by atoms with Crippen molar-refractivity contribution >= 4 is 0 Å². The second-order valence-electron chi connectivity index (χ2n) is 4.91. The number of nitrogens with two attached hydrogens (primary N) is 1. The van der Waals surface area contributed by atoms with E-state index in [0.717, 1.165) is 6.42 Å². The second kappa shape index (κ2) is 6.13. The SMILES string of the molecule is CCC(N)Cc1nccn1CC(F)(F)c1ccccc1. The molecule has 0 radical (unpaired) electrons. The van der Waals surface area contributed by atoms with Crippen molar-refractivity contribution in [2.75, 3.05) is 0 Å². The molecule has 0 aliphatic rings. The second-order valence-corrected chi connectivity index (χ2v) is 4.91. The summed E-state index contributed by atoms with van der Waals surface area (Å²) in [5, 5.41) is 0. The van der Waals surface area contributed by atoms with E-state index in [0.29, 0.717) is 12.2 Å². The molecule has 0 saturated heterocycles. The predicted octanol–water partition coefficient (Wildman–Crippen LogP) is 2.95. The third-order valence-electron chi connectivity index (χ3n) is 3.34. The molecule has 0 aliphatic carbocycles. The minimum Gasteiger partial charge on any atom is -0.328 e. The molecule has 1 heterocycles. The van der Waals surface area contributed by atoms with Crippen molar-refractivity contribution in [3.63, 3.8) is 0 Å². The van der Waals surface area contributed by atoms with Crippen molar-refractivity contribution in [3.8, 4) is 0 Å². The first kappa shape index (κ1) is 14.7. The van der Waals surface area contributed by atoms with E-state index in [1.54, 1.807) is 30.6 Å². The number of nitrogens with zero attached hydrogens (tertiary/aromatic N) is 2. The molecule has 1 unspecified atom stereocenters. The van der Waals surface area contributed by atoms with E-state index in [2.05, 4.69) is 4.98 Å². The highest BCUT2D eigenvalue weighted by Gasteiger charge is 2.32. The molecule has 0 saturated carbocycles. The van der Waals surface area contributed by atoms with Crippen LogP contribution in [-0.4, -0.2) is 15.6 Å². The molecular formula is C15H19F2N3. The van der Waals surface area contributed by atoms with Gasteiger partial charge in [0.05, 0.1) is 6.54 Å². The normalized spacial score (nSPS) is 13.4. The Morgan fingerprint density at radius 2 is 2.00 bits per heavy atom. The Hall–Kier alpha value is -1.75. The van der Waals surface area contributed by atoms with Crippen LogP contribution in [0.5, 0.6) is 0 Å². The lowest BCUT2D eigenvalue weighted by molar-refractivity contribution is -0.0230. The van der Waals surface area contributed by atoms with E-state index in [-0.39, 0.29) is 11.6 Å². The molecule has 1 aromatic carbocycles. The van der Waals surface area contributed by atoms with Gasteiger partial charge in [-0.1, -0.05) is 37.3 Å². The molecule has 0 bridgehead atoms. The third kappa shape index (κ3) is 3.42. The van der Waals surface area contributed by atoms with Gasteiger partial charge in [-0.25, -0.2) is 4.98 Å². The predicted molar refractivity (Wildman–Crippen MR) is 74.5 cm³/mol. The maximum atomic E-state index is 14.2. The number of halogens is 2. The standard InChI is InChI=1S/C15H19F2N3/c1-2-13(18)10-14-19-8-9-20(14)11-15(16,17)12-6-4-3-5-7-12/h3-9,13H,2,10-11,18H2,1H3. The van der Waals surface area contributed by atoms with Crippen molar-refractivity contribution in [3.05, 3.63) is 54.1 Å². The monoisotopic (exact) mass is 279 g/mol. The summed E-state index contributed by atoms with van der Waals surface area (Å²) >= 11 is 0. The third-order valence-corrected chi connectivity index (χ3v) is 3.34. The summed E-state index contributed by atoms with van der Waals surface area (Å²) in [5.41, 5.74) is 5.88. The zero-order valence-corrected chi connectivity index (χ0v) is 11.5. The highest BCUT2D eigenvalue weighted by Crippen LogP contribution is 2.30. The molecule has 2 aromatic rings. The number of aromatic nitrogens is 2. The van der Waals surface area contributed by atoms with Crippen molar-refractivity contribution < 1.29 is 8.78 Å². The minimum atomic E-state index is -2.92. The van der Waals surface area contributed by atoms with E-state index < -0.39 is 12.5 Å². The van der Waals surface area contributed by atoms with Crippen molar-refractivity contribution in [1.82, 2.24) is 9.55 Å². The van der Waals surface area contributed by atoms with Crippen LogP contribution < -0.4 is 5.73 Å². The van der Waals surface area contributed by atoms with Crippen LogP contribution in [0.1, 0.15) is 24.7 Å². The lowest BCUT2D eigenvalue weighted by atomic mass is 10.1.